The van der Waals surface area contributed by atoms with Crippen molar-refractivity contribution in [2.45, 2.75) is 13.1 Å². The van der Waals surface area contributed by atoms with Crippen molar-refractivity contribution in [2.75, 3.05) is 5.43 Å². The first-order chi connectivity index (χ1) is 14.2. The highest BCUT2D eigenvalue weighted by molar-refractivity contribution is 7.13. The Balaban J connectivity index is 1.56. The first-order valence-electron chi connectivity index (χ1n) is 8.18. The van der Waals surface area contributed by atoms with E-state index < -0.39 is 17.8 Å². The zero-order chi connectivity index (χ0) is 21.5. The maximum absolute atomic E-state index is 13.2. The number of halogens is 4. The second kappa shape index (κ2) is 7.54. The number of hydrogen-bond acceptors (Lipinski definition) is 7. The van der Waals surface area contributed by atoms with Crippen LogP contribution in [0.3, 0.4) is 0 Å². The van der Waals surface area contributed by atoms with E-state index >= 15 is 0 Å². The monoisotopic (exact) mass is 454 g/mol. The quantitative estimate of drug-likeness (QED) is 0.483. The average Bonchev–Trinajstić information content (AvgIpc) is 3.27. The fourth-order valence-corrected chi connectivity index (χ4v) is 3.51. The number of fused-ring (bicyclic) bond motifs is 1. The summed E-state index contributed by atoms with van der Waals surface area (Å²) in [5.41, 5.74) is 1.71. The molecule has 0 aliphatic heterocycles. The molecule has 30 heavy (non-hydrogen) atoms. The van der Waals surface area contributed by atoms with Crippen LogP contribution >= 0.6 is 22.9 Å². The lowest BCUT2D eigenvalue weighted by Crippen LogP contribution is -2.26. The Bertz CT molecular complexity index is 1260. The molecule has 4 aromatic rings. The topological polar surface area (TPSA) is 94.8 Å². The van der Waals surface area contributed by atoms with Gasteiger partial charge in [-0.1, -0.05) is 11.6 Å². The number of rotatable bonds is 3. The number of alkyl halides is 3. The molecular weight excluding hydrogens is 445 g/mol. The van der Waals surface area contributed by atoms with Crippen molar-refractivity contribution in [3.05, 3.63) is 52.6 Å². The molecule has 4 rings (SSSR count). The zero-order valence-electron chi connectivity index (χ0n) is 14.9. The zero-order valence-corrected chi connectivity index (χ0v) is 16.5. The Labute approximate surface area is 175 Å². The molecule has 0 aliphatic carbocycles. The number of amides is 1. The summed E-state index contributed by atoms with van der Waals surface area (Å²) in [4.78, 5) is 28.4. The van der Waals surface area contributed by atoms with E-state index in [1.165, 1.54) is 36.0 Å². The molecule has 0 bridgehead atoms. The second-order valence-corrected chi connectivity index (χ2v) is 7.17. The minimum Gasteiger partial charge on any atom is -0.406 e. The van der Waals surface area contributed by atoms with Crippen LogP contribution in [0.4, 0.5) is 18.0 Å². The molecule has 1 amide bonds. The molecule has 0 aromatic carbocycles. The maximum Gasteiger partial charge on any atom is 0.432 e. The Morgan fingerprint density at radius 1 is 1.30 bits per heavy atom. The van der Waals surface area contributed by atoms with E-state index in [-0.39, 0.29) is 16.7 Å². The maximum atomic E-state index is 13.2. The van der Waals surface area contributed by atoms with Crippen LogP contribution in [0.25, 0.3) is 21.7 Å². The van der Waals surface area contributed by atoms with Crippen LogP contribution in [-0.4, -0.2) is 30.7 Å². The Hall–Kier alpha value is -3.25. The van der Waals surface area contributed by atoms with Gasteiger partial charge in [0.05, 0.1) is 29.2 Å². The highest BCUT2D eigenvalue weighted by Gasteiger charge is 2.35. The molecule has 0 saturated heterocycles. The molecule has 13 heteroatoms. The first-order valence-corrected chi connectivity index (χ1v) is 9.44. The van der Waals surface area contributed by atoms with Crippen molar-refractivity contribution in [2.24, 2.45) is 0 Å². The van der Waals surface area contributed by atoms with Gasteiger partial charge in [-0.15, -0.1) is 11.3 Å². The van der Waals surface area contributed by atoms with Gasteiger partial charge in [0.15, 0.2) is 16.6 Å². The van der Waals surface area contributed by atoms with Gasteiger partial charge in [0.2, 0.25) is 0 Å². The number of nitrogens with zero attached hydrogens (tertiary/aromatic N) is 5. The van der Waals surface area contributed by atoms with E-state index in [1.807, 2.05) is 0 Å². The van der Waals surface area contributed by atoms with Gasteiger partial charge >= 0.3 is 12.3 Å². The first kappa shape index (κ1) is 20.0. The van der Waals surface area contributed by atoms with E-state index in [0.717, 1.165) is 10.9 Å². The molecule has 0 spiro atoms. The van der Waals surface area contributed by atoms with Crippen LogP contribution in [-0.2, 0) is 6.18 Å². The molecule has 0 radical (unpaired) electrons. The molecule has 0 atom stereocenters. The lowest BCUT2D eigenvalue weighted by Gasteiger charge is -2.10. The molecule has 1 N–H and O–H groups in total. The molecule has 4 aromatic heterocycles. The van der Waals surface area contributed by atoms with Gasteiger partial charge in [0.1, 0.15) is 5.15 Å². The number of carbonyl (C=O) groups is 1. The lowest BCUT2D eigenvalue weighted by atomic mass is 10.2. The number of aryl methyl sites for hydroxylation is 1. The van der Waals surface area contributed by atoms with Crippen molar-refractivity contribution in [3.8, 4) is 16.6 Å². The highest BCUT2D eigenvalue weighted by atomic mass is 35.5. The number of hydrogen-bond donors (Lipinski definition) is 1. The summed E-state index contributed by atoms with van der Waals surface area (Å²) in [6, 6.07) is 1.21. The molecule has 0 unspecified atom stereocenters. The smallest absolute Gasteiger partial charge is 0.406 e. The summed E-state index contributed by atoms with van der Waals surface area (Å²) in [5.74, 6) is 0.332. The van der Waals surface area contributed by atoms with Crippen molar-refractivity contribution in [3.63, 3.8) is 0 Å². The SMILES string of the molecule is Cc1nc(-c2nc(Cl)cs2)ncc1OC(=O)Nn1cc(C(F)(F)F)c2ccncc21. The average molecular weight is 455 g/mol. The van der Waals surface area contributed by atoms with E-state index in [2.05, 4.69) is 25.4 Å². The minimum atomic E-state index is -4.60. The van der Waals surface area contributed by atoms with Gasteiger partial charge in [-0.25, -0.2) is 25.2 Å². The van der Waals surface area contributed by atoms with Crippen molar-refractivity contribution >= 4 is 39.9 Å². The molecular formula is C17H10ClF3N6O2S. The standard InChI is InChI=1S/C17H10ClF3N6O2S/c1-8-12(5-23-14(24-8)15-25-13(18)7-30-15)29-16(28)26-27-6-10(17(19,20)21)9-2-3-22-4-11(9)27/h2-7H,1H3,(H,26,28). The number of ether oxygens (including phenoxy) is 1. The number of aromatic nitrogens is 5. The van der Waals surface area contributed by atoms with Crippen LogP contribution in [0.5, 0.6) is 5.75 Å². The van der Waals surface area contributed by atoms with Gasteiger partial charge in [-0.05, 0) is 13.0 Å². The predicted molar refractivity (Wildman–Crippen MR) is 103 cm³/mol. The minimum absolute atomic E-state index is 0.0320. The van der Waals surface area contributed by atoms with E-state index in [0.29, 0.717) is 21.7 Å². The van der Waals surface area contributed by atoms with Crippen LogP contribution in [0.1, 0.15) is 11.3 Å². The molecule has 154 valence electrons. The largest absolute Gasteiger partial charge is 0.432 e. The Morgan fingerprint density at radius 2 is 2.10 bits per heavy atom. The lowest BCUT2D eigenvalue weighted by molar-refractivity contribution is -0.136. The van der Waals surface area contributed by atoms with E-state index in [4.69, 9.17) is 16.3 Å². The predicted octanol–water partition coefficient (Wildman–Crippen LogP) is 4.67. The summed E-state index contributed by atoms with van der Waals surface area (Å²) in [6.45, 7) is 1.58. The van der Waals surface area contributed by atoms with Gasteiger partial charge in [0, 0.05) is 23.2 Å². The van der Waals surface area contributed by atoms with Gasteiger partial charge < -0.3 is 4.74 Å². The number of thiazole rings is 1. The van der Waals surface area contributed by atoms with Gasteiger partial charge in [0.25, 0.3) is 0 Å². The van der Waals surface area contributed by atoms with Crippen LogP contribution < -0.4 is 10.2 Å². The third-order valence-corrected chi connectivity index (χ3v) is 5.09. The second-order valence-electron chi connectivity index (χ2n) is 5.92. The molecule has 0 saturated carbocycles. The molecule has 8 nitrogen and oxygen atoms in total. The fraction of sp³-hybridized carbons (Fsp3) is 0.118. The number of pyridine rings is 1. The van der Waals surface area contributed by atoms with Gasteiger partial charge in [-0.3, -0.25) is 9.66 Å². The van der Waals surface area contributed by atoms with Crippen molar-refractivity contribution in [1.82, 2.24) is 24.6 Å². The summed E-state index contributed by atoms with van der Waals surface area (Å²) in [7, 11) is 0. The molecule has 0 fully saturated rings. The summed E-state index contributed by atoms with van der Waals surface area (Å²) < 4.78 is 45.8. The normalized spacial score (nSPS) is 11.6. The summed E-state index contributed by atoms with van der Waals surface area (Å²) in [6.07, 6.45) is -1.17. The van der Waals surface area contributed by atoms with Crippen LogP contribution in [0.2, 0.25) is 5.15 Å². The van der Waals surface area contributed by atoms with Crippen molar-refractivity contribution < 1.29 is 22.7 Å². The van der Waals surface area contributed by atoms with Gasteiger partial charge in [-0.2, -0.15) is 13.2 Å². The third kappa shape index (κ3) is 3.91. The van der Waals surface area contributed by atoms with E-state index in [9.17, 15) is 18.0 Å². The van der Waals surface area contributed by atoms with E-state index in [1.54, 1.807) is 12.3 Å². The van der Waals surface area contributed by atoms with Crippen LogP contribution in [0, 0.1) is 6.92 Å². The fourth-order valence-electron chi connectivity index (χ4n) is 2.63. The van der Waals surface area contributed by atoms with Crippen molar-refractivity contribution in [1.29, 1.82) is 0 Å². The molecule has 0 aliphatic rings. The molecule has 4 heterocycles. The Kier molecular flexibility index (Phi) is 5.03. The number of carbonyl (C=O) groups excluding carboxylic acids is 1. The number of nitrogens with one attached hydrogen (secondary N) is 1. The third-order valence-electron chi connectivity index (χ3n) is 3.93. The van der Waals surface area contributed by atoms with Crippen LogP contribution in [0.15, 0.2) is 36.2 Å². The highest BCUT2D eigenvalue weighted by Crippen LogP contribution is 2.35. The Morgan fingerprint density at radius 3 is 2.77 bits per heavy atom. The summed E-state index contributed by atoms with van der Waals surface area (Å²) in [5, 5.41) is 2.32. The summed E-state index contributed by atoms with van der Waals surface area (Å²) >= 11 is 7.04.